The number of carbonyl (C=O) groups is 1. The second-order valence-electron chi connectivity index (χ2n) is 5.32. The second-order valence-corrected chi connectivity index (χ2v) is 6.41. The van der Waals surface area contributed by atoms with E-state index in [1.807, 2.05) is 32.2 Å². The molecule has 1 aliphatic heterocycles. The zero-order chi connectivity index (χ0) is 16.6. The normalized spacial score (nSPS) is 17.2. The summed E-state index contributed by atoms with van der Waals surface area (Å²) in [6.45, 7) is 1.96. The summed E-state index contributed by atoms with van der Waals surface area (Å²) in [6.07, 6.45) is 0. The van der Waals surface area contributed by atoms with Crippen LogP contribution < -0.4 is 14.8 Å². The molecule has 2 heterocycles. The second kappa shape index (κ2) is 6.16. The van der Waals surface area contributed by atoms with E-state index in [4.69, 9.17) is 9.47 Å². The van der Waals surface area contributed by atoms with Crippen molar-refractivity contribution >= 4 is 23.5 Å². The number of nitrogens with one attached hydrogen (secondary N) is 1. The molecule has 1 aliphatic rings. The van der Waals surface area contributed by atoms with Gasteiger partial charge in [-0.3, -0.25) is 9.48 Å². The summed E-state index contributed by atoms with van der Waals surface area (Å²) in [5, 5.41) is 7.37. The maximum atomic E-state index is 12.0. The highest BCUT2D eigenvalue weighted by molar-refractivity contribution is 8.00. The van der Waals surface area contributed by atoms with Crippen LogP contribution in [0.25, 0.3) is 0 Å². The number of aromatic nitrogens is 2. The van der Waals surface area contributed by atoms with Crippen LogP contribution in [0.3, 0.4) is 0 Å². The lowest BCUT2D eigenvalue weighted by Gasteiger charge is -2.19. The highest BCUT2D eigenvalue weighted by Gasteiger charge is 2.31. The standard InChI is InChI=1S/C16H19N3O3S/c1-9-14-15(11-6-5-10(21-3)7-12(11)22-4)23-8-13(20)17-16(14)19(2)18-9/h5-7,15H,8H2,1-4H3,(H,17,20)/t15-/m0/s1. The molecule has 7 heteroatoms. The van der Waals surface area contributed by atoms with Gasteiger partial charge < -0.3 is 14.8 Å². The lowest BCUT2D eigenvalue weighted by atomic mass is 10.0. The van der Waals surface area contributed by atoms with Crippen molar-refractivity contribution in [3.63, 3.8) is 0 Å². The Morgan fingerprint density at radius 3 is 2.83 bits per heavy atom. The summed E-state index contributed by atoms with van der Waals surface area (Å²) >= 11 is 1.57. The van der Waals surface area contributed by atoms with E-state index in [-0.39, 0.29) is 11.2 Å². The Balaban J connectivity index is 2.15. The van der Waals surface area contributed by atoms with Crippen molar-refractivity contribution in [3.8, 4) is 11.5 Å². The average Bonchev–Trinajstić information content (AvgIpc) is 2.72. The molecule has 0 bridgehead atoms. The third-order valence-electron chi connectivity index (χ3n) is 3.89. The van der Waals surface area contributed by atoms with Crippen LogP contribution in [0.2, 0.25) is 0 Å². The molecule has 2 aromatic rings. The Labute approximate surface area is 139 Å². The number of rotatable bonds is 3. The maximum Gasteiger partial charge on any atom is 0.235 e. The predicted octanol–water partition coefficient (Wildman–Crippen LogP) is 2.52. The highest BCUT2D eigenvalue weighted by atomic mass is 32.2. The van der Waals surface area contributed by atoms with Crippen LogP contribution in [0.1, 0.15) is 22.1 Å². The van der Waals surface area contributed by atoms with Crippen LogP contribution in [0.5, 0.6) is 11.5 Å². The van der Waals surface area contributed by atoms with E-state index < -0.39 is 0 Å². The van der Waals surface area contributed by atoms with Crippen molar-refractivity contribution in [2.24, 2.45) is 7.05 Å². The zero-order valence-corrected chi connectivity index (χ0v) is 14.4. The van der Waals surface area contributed by atoms with E-state index in [1.165, 1.54) is 0 Å². The molecular weight excluding hydrogens is 314 g/mol. The Hall–Kier alpha value is -2.15. The monoisotopic (exact) mass is 333 g/mol. The number of amides is 1. The molecule has 1 aromatic heterocycles. The smallest absolute Gasteiger partial charge is 0.235 e. The van der Waals surface area contributed by atoms with E-state index in [1.54, 1.807) is 30.7 Å². The fourth-order valence-corrected chi connectivity index (χ4v) is 4.04. The number of thioether (sulfide) groups is 1. The molecule has 0 saturated heterocycles. The molecule has 1 amide bonds. The minimum absolute atomic E-state index is 0.0192. The Kier molecular flexibility index (Phi) is 4.21. The molecule has 0 spiro atoms. The molecule has 23 heavy (non-hydrogen) atoms. The van der Waals surface area contributed by atoms with Crippen LogP contribution >= 0.6 is 11.8 Å². The summed E-state index contributed by atoms with van der Waals surface area (Å²) in [6, 6.07) is 5.76. The molecule has 0 fully saturated rings. The SMILES string of the molecule is COc1ccc([C@@H]2SCC(=O)Nc3c2c(C)nn3C)c(OC)c1. The van der Waals surface area contributed by atoms with Crippen molar-refractivity contribution in [2.75, 3.05) is 25.3 Å². The first kappa shape index (κ1) is 15.7. The predicted molar refractivity (Wildman–Crippen MR) is 90.4 cm³/mol. The molecule has 6 nitrogen and oxygen atoms in total. The van der Waals surface area contributed by atoms with Gasteiger partial charge in [-0.1, -0.05) is 6.07 Å². The third-order valence-corrected chi connectivity index (χ3v) is 5.14. The number of ether oxygens (including phenoxy) is 2. The first-order valence-electron chi connectivity index (χ1n) is 7.22. The zero-order valence-electron chi connectivity index (χ0n) is 13.5. The Bertz CT molecular complexity index is 757. The van der Waals surface area contributed by atoms with Gasteiger partial charge in [0.2, 0.25) is 5.91 Å². The first-order chi connectivity index (χ1) is 11.0. The minimum Gasteiger partial charge on any atom is -0.497 e. The number of anilines is 1. The summed E-state index contributed by atoms with van der Waals surface area (Å²) in [5.41, 5.74) is 2.93. The minimum atomic E-state index is -0.0292. The molecule has 3 rings (SSSR count). The molecule has 0 aliphatic carbocycles. The maximum absolute atomic E-state index is 12.0. The molecule has 1 N–H and O–H groups in total. The lowest BCUT2D eigenvalue weighted by Crippen LogP contribution is -2.15. The van der Waals surface area contributed by atoms with Crippen LogP contribution in [-0.4, -0.2) is 35.7 Å². The van der Waals surface area contributed by atoms with Crippen molar-refractivity contribution in [3.05, 3.63) is 35.0 Å². The molecular formula is C16H19N3O3S. The van der Waals surface area contributed by atoms with Crippen LogP contribution in [0.4, 0.5) is 5.82 Å². The van der Waals surface area contributed by atoms with Gasteiger partial charge in [0.15, 0.2) is 0 Å². The van der Waals surface area contributed by atoms with Gasteiger partial charge in [0.25, 0.3) is 0 Å². The number of carbonyl (C=O) groups excluding carboxylic acids is 1. The van der Waals surface area contributed by atoms with Crippen molar-refractivity contribution in [1.82, 2.24) is 9.78 Å². The number of aryl methyl sites for hydroxylation is 2. The summed E-state index contributed by atoms with van der Waals surface area (Å²) in [5.74, 6) is 2.59. The van der Waals surface area contributed by atoms with Crippen molar-refractivity contribution < 1.29 is 14.3 Å². The average molecular weight is 333 g/mol. The van der Waals surface area contributed by atoms with E-state index in [9.17, 15) is 4.79 Å². The molecule has 0 unspecified atom stereocenters. The van der Waals surface area contributed by atoms with Crippen LogP contribution in [0.15, 0.2) is 18.2 Å². The summed E-state index contributed by atoms with van der Waals surface area (Å²) < 4.78 is 12.5. The van der Waals surface area contributed by atoms with Gasteiger partial charge in [-0.15, -0.1) is 11.8 Å². The molecule has 0 saturated carbocycles. The topological polar surface area (TPSA) is 65.4 Å². The Morgan fingerprint density at radius 2 is 2.13 bits per heavy atom. The number of benzene rings is 1. The van der Waals surface area contributed by atoms with Crippen LogP contribution in [0, 0.1) is 6.92 Å². The van der Waals surface area contributed by atoms with Gasteiger partial charge in [-0.25, -0.2) is 0 Å². The van der Waals surface area contributed by atoms with E-state index in [2.05, 4.69) is 10.4 Å². The lowest BCUT2D eigenvalue weighted by molar-refractivity contribution is -0.113. The van der Waals surface area contributed by atoms with Gasteiger partial charge in [-0.2, -0.15) is 5.10 Å². The number of hydrogen-bond acceptors (Lipinski definition) is 5. The van der Waals surface area contributed by atoms with E-state index in [0.717, 1.165) is 34.1 Å². The number of fused-ring (bicyclic) bond motifs is 1. The fraction of sp³-hybridized carbons (Fsp3) is 0.375. The Morgan fingerprint density at radius 1 is 1.35 bits per heavy atom. The first-order valence-corrected chi connectivity index (χ1v) is 8.27. The van der Waals surface area contributed by atoms with Crippen molar-refractivity contribution in [2.45, 2.75) is 12.2 Å². The van der Waals surface area contributed by atoms with Gasteiger partial charge in [-0.05, 0) is 13.0 Å². The number of methoxy groups -OCH3 is 2. The van der Waals surface area contributed by atoms with Gasteiger partial charge in [0.1, 0.15) is 17.3 Å². The number of nitrogens with zero attached hydrogens (tertiary/aromatic N) is 2. The van der Waals surface area contributed by atoms with Gasteiger partial charge in [0, 0.05) is 24.2 Å². The summed E-state index contributed by atoms with van der Waals surface area (Å²) in [7, 11) is 5.10. The molecule has 1 aromatic carbocycles. The van der Waals surface area contributed by atoms with Gasteiger partial charge in [0.05, 0.1) is 30.9 Å². The fourth-order valence-electron chi connectivity index (χ4n) is 2.83. The van der Waals surface area contributed by atoms with Gasteiger partial charge >= 0.3 is 0 Å². The van der Waals surface area contributed by atoms with Crippen molar-refractivity contribution in [1.29, 1.82) is 0 Å². The van der Waals surface area contributed by atoms with E-state index >= 15 is 0 Å². The molecule has 122 valence electrons. The van der Waals surface area contributed by atoms with Crippen LogP contribution in [-0.2, 0) is 11.8 Å². The quantitative estimate of drug-likeness (QED) is 0.935. The molecule has 0 radical (unpaired) electrons. The highest BCUT2D eigenvalue weighted by Crippen LogP contribution is 2.46. The van der Waals surface area contributed by atoms with E-state index in [0.29, 0.717) is 5.75 Å². The number of hydrogen-bond donors (Lipinski definition) is 1. The molecule has 1 atom stereocenters. The summed E-state index contributed by atoms with van der Waals surface area (Å²) in [4.78, 5) is 12.0. The largest absolute Gasteiger partial charge is 0.497 e. The third kappa shape index (κ3) is 2.76.